The van der Waals surface area contributed by atoms with Gasteiger partial charge in [0.05, 0.1) is 24.1 Å². The maximum atomic E-state index is 14.0. The van der Waals surface area contributed by atoms with Crippen LogP contribution in [0.4, 0.5) is 30.7 Å². The van der Waals surface area contributed by atoms with Crippen LogP contribution >= 0.6 is 0 Å². The zero-order valence-electron chi connectivity index (χ0n) is 23.1. The number of rotatable bonds is 9. The van der Waals surface area contributed by atoms with Gasteiger partial charge >= 0.3 is 6.18 Å². The second kappa shape index (κ2) is 11.0. The van der Waals surface area contributed by atoms with Crippen LogP contribution in [0.25, 0.3) is 5.65 Å². The Bertz CT molecular complexity index is 1530. The summed E-state index contributed by atoms with van der Waals surface area (Å²) >= 11 is 0. The summed E-state index contributed by atoms with van der Waals surface area (Å²) in [5.74, 6) is -8.60. The molecule has 3 aliphatic carbocycles. The number of hydrogen-bond acceptors (Lipinski definition) is 7. The van der Waals surface area contributed by atoms with Gasteiger partial charge in [0.25, 0.3) is 5.91 Å². The Morgan fingerprint density at radius 3 is 2.36 bits per heavy atom. The Morgan fingerprint density at radius 2 is 1.73 bits per heavy atom. The molecule has 3 fully saturated rings. The van der Waals surface area contributed by atoms with Gasteiger partial charge in [0.2, 0.25) is 17.8 Å². The second-order valence-electron chi connectivity index (χ2n) is 12.1. The van der Waals surface area contributed by atoms with Gasteiger partial charge in [-0.3, -0.25) is 9.59 Å². The van der Waals surface area contributed by atoms with Crippen molar-refractivity contribution in [3.05, 3.63) is 41.1 Å². The normalized spacial score (nSPS) is 21.9. The van der Waals surface area contributed by atoms with Crippen molar-refractivity contribution in [1.29, 1.82) is 0 Å². The molecular formula is C27H28F7N7O3. The predicted octanol–water partition coefficient (Wildman–Crippen LogP) is 5.44. The average molecular weight is 632 g/mol. The Morgan fingerprint density at radius 1 is 1.02 bits per heavy atom. The van der Waals surface area contributed by atoms with Crippen molar-refractivity contribution in [2.75, 3.05) is 0 Å². The highest BCUT2D eigenvalue weighted by atomic mass is 19.4. The van der Waals surface area contributed by atoms with Gasteiger partial charge in [-0.1, -0.05) is 5.16 Å². The van der Waals surface area contributed by atoms with E-state index in [-0.39, 0.29) is 35.8 Å². The first-order valence-electron chi connectivity index (χ1n) is 14.3. The van der Waals surface area contributed by atoms with Crippen molar-refractivity contribution < 1.29 is 45.0 Å². The summed E-state index contributed by atoms with van der Waals surface area (Å²) in [5.41, 5.74) is 0.0409. The third-order valence-corrected chi connectivity index (χ3v) is 8.51. The first kappa shape index (κ1) is 30.2. The molecule has 0 spiro atoms. The van der Waals surface area contributed by atoms with Crippen LogP contribution in [0, 0.1) is 11.8 Å². The smallest absolute Gasteiger partial charge is 0.342 e. The minimum Gasteiger partial charge on any atom is -0.342 e. The fourth-order valence-corrected chi connectivity index (χ4v) is 6.00. The highest BCUT2D eigenvalue weighted by molar-refractivity contribution is 5.93. The fraction of sp³-hybridized carbons (Fsp3) is 0.630. The molecule has 44 heavy (non-hydrogen) atoms. The SMILES string of the molecule is O=C(CC1CC(F)(F)C1)NC(c1cnn2cc([C@@H](NC(=O)c3nonc3C3CC3)C3CCC(F)(F)CC3)nc2c1)C(F)(F)F. The quantitative estimate of drug-likeness (QED) is 0.301. The summed E-state index contributed by atoms with van der Waals surface area (Å²) in [6, 6.07) is -2.33. The van der Waals surface area contributed by atoms with Crippen LogP contribution in [-0.2, 0) is 4.79 Å². The van der Waals surface area contributed by atoms with E-state index in [0.29, 0.717) is 5.69 Å². The number of aromatic nitrogens is 5. The molecule has 17 heteroatoms. The van der Waals surface area contributed by atoms with E-state index in [1.807, 2.05) is 5.32 Å². The molecule has 0 aromatic carbocycles. The third-order valence-electron chi connectivity index (χ3n) is 8.51. The average Bonchev–Trinajstić information content (AvgIpc) is 3.48. The number of hydrogen-bond donors (Lipinski definition) is 2. The number of amides is 2. The zero-order chi connectivity index (χ0) is 31.4. The van der Waals surface area contributed by atoms with Gasteiger partial charge in [-0.05, 0) is 48.7 Å². The highest BCUT2D eigenvalue weighted by Gasteiger charge is 2.47. The maximum Gasteiger partial charge on any atom is 0.412 e. The molecule has 6 rings (SSSR count). The molecule has 2 amide bonds. The molecule has 2 atom stereocenters. The summed E-state index contributed by atoms with van der Waals surface area (Å²) < 4.78 is 102. The standard InChI is InChI=1S/C27H28F7N7O3/c28-25(29)5-3-15(4-6-25)20(38-24(43)22-21(14-1-2-14)39-44-40-22)17-12-41-18(36-17)8-16(11-35-41)23(27(32,33)34)37-19(42)7-13-9-26(30,31)10-13/h8,11-15,20,23H,1-7,9-10H2,(H,37,42)(H,38,43)/t20-,23?/m0/s1. The van der Waals surface area contributed by atoms with Gasteiger partial charge in [0.1, 0.15) is 5.69 Å². The van der Waals surface area contributed by atoms with Gasteiger partial charge in [-0.2, -0.15) is 18.3 Å². The Balaban J connectivity index is 1.25. The van der Waals surface area contributed by atoms with Crippen LogP contribution in [0.2, 0.25) is 0 Å². The largest absolute Gasteiger partial charge is 0.412 e. The molecule has 0 radical (unpaired) electrons. The van der Waals surface area contributed by atoms with E-state index in [4.69, 9.17) is 4.63 Å². The summed E-state index contributed by atoms with van der Waals surface area (Å²) in [6.45, 7) is 0. The zero-order valence-corrected chi connectivity index (χ0v) is 23.1. The van der Waals surface area contributed by atoms with E-state index in [0.717, 1.165) is 25.1 Å². The second-order valence-corrected chi connectivity index (χ2v) is 12.1. The van der Waals surface area contributed by atoms with Crippen molar-refractivity contribution in [3.63, 3.8) is 0 Å². The molecule has 3 aromatic rings. The number of carbonyl (C=O) groups is 2. The molecule has 2 N–H and O–H groups in total. The number of nitrogens with zero attached hydrogens (tertiary/aromatic N) is 5. The van der Waals surface area contributed by atoms with Crippen LogP contribution in [-0.4, -0.2) is 54.7 Å². The summed E-state index contributed by atoms with van der Waals surface area (Å²) in [4.78, 5) is 30.0. The monoisotopic (exact) mass is 631 g/mol. The van der Waals surface area contributed by atoms with Gasteiger partial charge in [-0.15, -0.1) is 0 Å². The van der Waals surface area contributed by atoms with E-state index >= 15 is 0 Å². The summed E-state index contributed by atoms with van der Waals surface area (Å²) in [6.07, 6.45) is -3.37. The molecule has 0 aliphatic heterocycles. The van der Waals surface area contributed by atoms with Crippen LogP contribution in [0.15, 0.2) is 23.1 Å². The lowest BCUT2D eigenvalue weighted by Gasteiger charge is -2.34. The Labute approximate surface area is 245 Å². The molecule has 10 nitrogen and oxygen atoms in total. The Kier molecular flexibility index (Phi) is 7.55. The molecule has 0 bridgehead atoms. The number of imidazole rings is 1. The highest BCUT2D eigenvalue weighted by Crippen LogP contribution is 2.45. The topological polar surface area (TPSA) is 127 Å². The van der Waals surface area contributed by atoms with Crippen molar-refractivity contribution >= 4 is 17.5 Å². The summed E-state index contributed by atoms with van der Waals surface area (Å²) in [7, 11) is 0. The van der Waals surface area contributed by atoms with Crippen LogP contribution in [0.1, 0.15) is 103 Å². The summed E-state index contributed by atoms with van der Waals surface area (Å²) in [5, 5.41) is 16.2. The maximum absolute atomic E-state index is 14.0. The number of alkyl halides is 7. The molecule has 3 heterocycles. The number of halogens is 7. The molecule has 3 aliphatic rings. The van der Waals surface area contributed by atoms with Crippen molar-refractivity contribution in [2.24, 2.45) is 11.8 Å². The van der Waals surface area contributed by atoms with E-state index in [2.05, 4.69) is 25.7 Å². The van der Waals surface area contributed by atoms with Crippen molar-refractivity contribution in [1.82, 2.24) is 35.5 Å². The van der Waals surface area contributed by atoms with Gasteiger partial charge in [0.15, 0.2) is 17.4 Å². The predicted molar refractivity (Wildman–Crippen MR) is 136 cm³/mol. The number of fused-ring (bicyclic) bond motifs is 1. The lowest BCUT2D eigenvalue weighted by atomic mass is 9.79. The molecular weight excluding hydrogens is 603 g/mol. The minimum atomic E-state index is -4.94. The number of nitrogens with one attached hydrogen (secondary N) is 2. The number of carbonyl (C=O) groups excluding carboxylic acids is 2. The first-order chi connectivity index (χ1) is 20.7. The van der Waals surface area contributed by atoms with E-state index in [9.17, 15) is 40.3 Å². The minimum absolute atomic E-state index is 0.0304. The van der Waals surface area contributed by atoms with Gasteiger partial charge in [0, 0.05) is 43.6 Å². The van der Waals surface area contributed by atoms with Crippen molar-refractivity contribution in [2.45, 2.75) is 93.8 Å². The molecule has 1 unspecified atom stereocenters. The lowest BCUT2D eigenvalue weighted by Crippen LogP contribution is -2.42. The van der Waals surface area contributed by atoms with Gasteiger partial charge < -0.3 is 10.6 Å². The van der Waals surface area contributed by atoms with Crippen LogP contribution in [0.5, 0.6) is 0 Å². The third kappa shape index (κ3) is 6.50. The van der Waals surface area contributed by atoms with E-state index < -0.39 is 91.4 Å². The first-order valence-corrected chi connectivity index (χ1v) is 14.3. The van der Waals surface area contributed by atoms with Crippen LogP contribution in [0.3, 0.4) is 0 Å². The fourth-order valence-electron chi connectivity index (χ4n) is 6.00. The van der Waals surface area contributed by atoms with Crippen molar-refractivity contribution in [3.8, 4) is 0 Å². The van der Waals surface area contributed by atoms with E-state index in [1.165, 1.54) is 10.7 Å². The molecule has 238 valence electrons. The molecule has 3 aromatic heterocycles. The van der Waals surface area contributed by atoms with Crippen LogP contribution < -0.4 is 10.6 Å². The lowest BCUT2D eigenvalue weighted by molar-refractivity contribution is -0.165. The molecule has 0 saturated heterocycles. The molecule has 3 saturated carbocycles. The Hall–Kier alpha value is -3.79. The van der Waals surface area contributed by atoms with E-state index in [1.54, 1.807) is 0 Å². The van der Waals surface area contributed by atoms with Gasteiger partial charge in [-0.25, -0.2) is 31.7 Å².